The first-order chi connectivity index (χ1) is 13.7. The van der Waals surface area contributed by atoms with Crippen molar-refractivity contribution in [2.24, 2.45) is 0 Å². The molecule has 0 atom stereocenters. The molecular formula is C22H22BrClN2O2. The first-order valence-electron chi connectivity index (χ1n) is 9.11. The summed E-state index contributed by atoms with van der Waals surface area (Å²) in [5.74, 6) is 1.50. The Bertz CT molecular complexity index is 877. The highest BCUT2D eigenvalue weighted by Gasteiger charge is 2.07. The number of ether oxygens (including phenoxy) is 2. The number of aromatic nitrogens is 1. The molecule has 1 aromatic heterocycles. The van der Waals surface area contributed by atoms with Gasteiger partial charge in [-0.1, -0.05) is 51.8 Å². The molecule has 28 heavy (non-hydrogen) atoms. The van der Waals surface area contributed by atoms with E-state index in [-0.39, 0.29) is 0 Å². The summed E-state index contributed by atoms with van der Waals surface area (Å²) in [5.41, 5.74) is 2.06. The highest BCUT2D eigenvalue weighted by molar-refractivity contribution is 9.10. The van der Waals surface area contributed by atoms with Gasteiger partial charge in [-0.15, -0.1) is 0 Å². The largest absolute Gasteiger partial charge is 0.489 e. The molecule has 0 unspecified atom stereocenters. The Hall–Kier alpha value is -2.08. The molecule has 146 valence electrons. The van der Waals surface area contributed by atoms with Gasteiger partial charge in [0, 0.05) is 39.4 Å². The lowest BCUT2D eigenvalue weighted by Gasteiger charge is -2.14. The van der Waals surface area contributed by atoms with Gasteiger partial charge >= 0.3 is 0 Å². The fourth-order valence-electron chi connectivity index (χ4n) is 2.63. The molecule has 0 saturated carbocycles. The SMILES string of the molecule is Clc1ccccc1COc1ccc(Br)cc1CNCCCOc1ccccn1. The van der Waals surface area contributed by atoms with Crippen LogP contribution in [-0.2, 0) is 13.2 Å². The number of pyridine rings is 1. The maximum absolute atomic E-state index is 6.22. The van der Waals surface area contributed by atoms with Crippen molar-refractivity contribution in [2.75, 3.05) is 13.2 Å². The first kappa shape index (κ1) is 20.6. The molecule has 6 heteroatoms. The van der Waals surface area contributed by atoms with E-state index >= 15 is 0 Å². The summed E-state index contributed by atoms with van der Waals surface area (Å²) in [5, 5.41) is 4.15. The Balaban J connectivity index is 1.46. The van der Waals surface area contributed by atoms with Crippen molar-refractivity contribution >= 4 is 27.5 Å². The van der Waals surface area contributed by atoms with Crippen LogP contribution < -0.4 is 14.8 Å². The fraction of sp³-hybridized carbons (Fsp3) is 0.227. The van der Waals surface area contributed by atoms with Crippen LogP contribution in [0.4, 0.5) is 0 Å². The smallest absolute Gasteiger partial charge is 0.213 e. The first-order valence-corrected chi connectivity index (χ1v) is 10.3. The monoisotopic (exact) mass is 460 g/mol. The van der Waals surface area contributed by atoms with Gasteiger partial charge in [-0.05, 0) is 43.3 Å². The Labute approximate surface area is 179 Å². The van der Waals surface area contributed by atoms with Gasteiger partial charge in [0.1, 0.15) is 12.4 Å². The summed E-state index contributed by atoms with van der Waals surface area (Å²) in [4.78, 5) is 4.14. The zero-order chi connectivity index (χ0) is 19.6. The second-order valence-corrected chi connectivity index (χ2v) is 7.50. The van der Waals surface area contributed by atoms with Crippen molar-refractivity contribution in [1.82, 2.24) is 10.3 Å². The predicted molar refractivity (Wildman–Crippen MR) is 116 cm³/mol. The van der Waals surface area contributed by atoms with Crippen LogP contribution in [0.25, 0.3) is 0 Å². The molecule has 0 bridgehead atoms. The Kier molecular flexibility index (Phi) is 8.15. The van der Waals surface area contributed by atoms with Gasteiger partial charge in [-0.2, -0.15) is 0 Å². The zero-order valence-corrected chi connectivity index (χ0v) is 17.7. The highest BCUT2D eigenvalue weighted by atomic mass is 79.9. The summed E-state index contributed by atoms with van der Waals surface area (Å²) < 4.78 is 12.6. The minimum Gasteiger partial charge on any atom is -0.489 e. The second-order valence-electron chi connectivity index (χ2n) is 6.18. The number of nitrogens with one attached hydrogen (secondary N) is 1. The van der Waals surface area contributed by atoms with E-state index in [0.717, 1.165) is 34.3 Å². The van der Waals surface area contributed by atoms with E-state index in [1.807, 2.05) is 54.6 Å². The average molecular weight is 462 g/mol. The molecule has 3 rings (SSSR count). The molecule has 0 amide bonds. The van der Waals surface area contributed by atoms with Crippen LogP contribution in [0.2, 0.25) is 5.02 Å². The Morgan fingerprint density at radius 3 is 2.64 bits per heavy atom. The number of hydrogen-bond donors (Lipinski definition) is 1. The summed E-state index contributed by atoms with van der Waals surface area (Å²) in [7, 11) is 0. The third kappa shape index (κ3) is 6.51. The normalized spacial score (nSPS) is 10.6. The lowest BCUT2D eigenvalue weighted by Crippen LogP contribution is -2.17. The van der Waals surface area contributed by atoms with Crippen LogP contribution in [-0.4, -0.2) is 18.1 Å². The number of nitrogens with zero attached hydrogens (tertiary/aromatic N) is 1. The minimum atomic E-state index is 0.437. The molecule has 0 aliphatic rings. The van der Waals surface area contributed by atoms with Crippen molar-refractivity contribution in [3.05, 3.63) is 87.5 Å². The molecular weight excluding hydrogens is 440 g/mol. The standard InChI is InChI=1S/C22H22BrClN2O2/c23-19-9-10-21(28-16-17-6-1-2-7-20(17)24)18(14-19)15-25-11-5-13-27-22-8-3-4-12-26-22/h1-4,6-10,12,14,25H,5,11,13,15-16H2. The lowest BCUT2D eigenvalue weighted by molar-refractivity contribution is 0.294. The van der Waals surface area contributed by atoms with Crippen LogP contribution in [0.3, 0.4) is 0 Å². The quantitative estimate of drug-likeness (QED) is 0.397. The van der Waals surface area contributed by atoms with Gasteiger partial charge in [-0.25, -0.2) is 4.98 Å². The summed E-state index contributed by atoms with van der Waals surface area (Å²) in [6, 6.07) is 19.4. The molecule has 0 radical (unpaired) electrons. The summed E-state index contributed by atoms with van der Waals surface area (Å²) in [6.45, 7) is 2.61. The molecule has 3 aromatic rings. The van der Waals surface area contributed by atoms with E-state index in [9.17, 15) is 0 Å². The summed E-state index contributed by atoms with van der Waals surface area (Å²) >= 11 is 9.75. The Morgan fingerprint density at radius 2 is 1.82 bits per heavy atom. The third-order valence-corrected chi connectivity index (χ3v) is 4.93. The molecule has 0 aliphatic heterocycles. The summed E-state index contributed by atoms with van der Waals surface area (Å²) in [6.07, 6.45) is 2.62. The molecule has 0 saturated heterocycles. The van der Waals surface area contributed by atoms with Gasteiger partial charge < -0.3 is 14.8 Å². The van der Waals surface area contributed by atoms with E-state index in [1.54, 1.807) is 6.20 Å². The number of benzene rings is 2. The van der Waals surface area contributed by atoms with Crippen molar-refractivity contribution in [3.8, 4) is 11.6 Å². The molecule has 1 N–H and O–H groups in total. The Morgan fingerprint density at radius 1 is 0.964 bits per heavy atom. The number of hydrogen-bond acceptors (Lipinski definition) is 4. The molecule has 4 nitrogen and oxygen atoms in total. The molecule has 0 spiro atoms. The van der Waals surface area contributed by atoms with Crippen molar-refractivity contribution in [1.29, 1.82) is 0 Å². The van der Waals surface area contributed by atoms with Gasteiger partial charge in [0.2, 0.25) is 5.88 Å². The predicted octanol–water partition coefficient (Wildman–Crippen LogP) is 5.64. The van der Waals surface area contributed by atoms with Crippen LogP contribution in [0.5, 0.6) is 11.6 Å². The van der Waals surface area contributed by atoms with Gasteiger partial charge in [0.05, 0.1) is 6.61 Å². The van der Waals surface area contributed by atoms with Crippen molar-refractivity contribution < 1.29 is 9.47 Å². The van der Waals surface area contributed by atoms with Crippen LogP contribution in [0, 0.1) is 0 Å². The van der Waals surface area contributed by atoms with Gasteiger partial charge in [-0.3, -0.25) is 0 Å². The van der Waals surface area contributed by atoms with Crippen LogP contribution in [0.1, 0.15) is 17.5 Å². The second kappa shape index (κ2) is 11.1. The molecule has 0 fully saturated rings. The number of rotatable bonds is 10. The van der Waals surface area contributed by atoms with E-state index in [2.05, 4.69) is 32.3 Å². The highest BCUT2D eigenvalue weighted by Crippen LogP contribution is 2.25. The topological polar surface area (TPSA) is 43.4 Å². The zero-order valence-electron chi connectivity index (χ0n) is 15.4. The van der Waals surface area contributed by atoms with Crippen molar-refractivity contribution in [2.45, 2.75) is 19.6 Å². The van der Waals surface area contributed by atoms with E-state index in [1.165, 1.54) is 0 Å². The maximum Gasteiger partial charge on any atom is 0.213 e. The van der Waals surface area contributed by atoms with Gasteiger partial charge in [0.25, 0.3) is 0 Å². The molecule has 1 heterocycles. The van der Waals surface area contributed by atoms with Crippen molar-refractivity contribution in [3.63, 3.8) is 0 Å². The van der Waals surface area contributed by atoms with Crippen LogP contribution in [0.15, 0.2) is 71.3 Å². The minimum absolute atomic E-state index is 0.437. The molecule has 2 aromatic carbocycles. The number of halogens is 2. The maximum atomic E-state index is 6.22. The third-order valence-electron chi connectivity index (χ3n) is 4.06. The van der Waals surface area contributed by atoms with E-state index in [0.29, 0.717) is 30.7 Å². The van der Waals surface area contributed by atoms with Crippen LogP contribution >= 0.6 is 27.5 Å². The fourth-order valence-corrected chi connectivity index (χ4v) is 3.23. The van der Waals surface area contributed by atoms with E-state index < -0.39 is 0 Å². The molecule has 0 aliphatic carbocycles. The van der Waals surface area contributed by atoms with Gasteiger partial charge in [0.15, 0.2) is 0 Å². The van der Waals surface area contributed by atoms with E-state index in [4.69, 9.17) is 21.1 Å². The average Bonchev–Trinajstić information content (AvgIpc) is 2.72. The lowest BCUT2D eigenvalue weighted by atomic mass is 10.2.